The quantitative estimate of drug-likeness (QED) is 0.829. The fraction of sp³-hybridized carbons (Fsp3) is 0.400. The van der Waals surface area contributed by atoms with Crippen LogP contribution in [0.1, 0.15) is 37.6 Å². The second kappa shape index (κ2) is 6.95. The Morgan fingerprint density at radius 1 is 1.37 bits per heavy atom. The molecule has 0 spiro atoms. The lowest BCUT2D eigenvalue weighted by atomic mass is 10.1. The van der Waals surface area contributed by atoms with Gasteiger partial charge in [-0.15, -0.1) is 0 Å². The van der Waals surface area contributed by atoms with Crippen molar-refractivity contribution in [2.24, 2.45) is 0 Å². The molecule has 1 heterocycles. The smallest absolute Gasteiger partial charge is 0.174 e. The van der Waals surface area contributed by atoms with Crippen LogP contribution < -0.4 is 10.1 Å². The van der Waals surface area contributed by atoms with Gasteiger partial charge in [-0.25, -0.2) is 0 Å². The molecule has 0 fully saturated rings. The highest BCUT2D eigenvalue weighted by molar-refractivity contribution is 5.30. The molecule has 2 rings (SSSR count). The van der Waals surface area contributed by atoms with Crippen LogP contribution in [-0.2, 0) is 6.61 Å². The van der Waals surface area contributed by atoms with Crippen molar-refractivity contribution in [1.82, 2.24) is 10.5 Å². The van der Waals surface area contributed by atoms with Crippen molar-refractivity contribution in [2.75, 3.05) is 6.54 Å². The molecule has 0 aliphatic carbocycles. The van der Waals surface area contributed by atoms with Gasteiger partial charge in [0.05, 0.1) is 6.20 Å². The summed E-state index contributed by atoms with van der Waals surface area (Å²) in [6.07, 6.45) is 2.75. The summed E-state index contributed by atoms with van der Waals surface area (Å²) >= 11 is 0. The first kappa shape index (κ1) is 13.6. The Kier molecular flexibility index (Phi) is 4.98. The first-order valence-corrected chi connectivity index (χ1v) is 6.65. The molecule has 102 valence electrons. The second-order valence-corrected chi connectivity index (χ2v) is 4.52. The Morgan fingerprint density at radius 3 is 3.00 bits per heavy atom. The minimum atomic E-state index is 0.328. The average molecular weight is 260 g/mol. The van der Waals surface area contributed by atoms with E-state index < -0.39 is 0 Å². The van der Waals surface area contributed by atoms with Gasteiger partial charge >= 0.3 is 0 Å². The minimum Gasteiger partial charge on any atom is -0.486 e. The Balaban J connectivity index is 1.94. The zero-order chi connectivity index (χ0) is 13.5. The molecule has 1 unspecified atom stereocenters. The molecule has 0 bridgehead atoms. The number of nitrogens with zero attached hydrogens (tertiary/aromatic N) is 1. The summed E-state index contributed by atoms with van der Waals surface area (Å²) in [6.45, 7) is 5.74. The van der Waals surface area contributed by atoms with E-state index in [1.54, 1.807) is 12.3 Å². The lowest BCUT2D eigenvalue weighted by molar-refractivity contribution is 0.249. The summed E-state index contributed by atoms with van der Waals surface area (Å²) in [7, 11) is 0. The Bertz CT molecular complexity index is 483. The van der Waals surface area contributed by atoms with Crippen LogP contribution in [0.2, 0.25) is 0 Å². The maximum absolute atomic E-state index is 5.68. The molecule has 0 radical (unpaired) electrons. The van der Waals surface area contributed by atoms with Crippen LogP contribution in [0.3, 0.4) is 0 Å². The number of rotatable bonds is 7. The summed E-state index contributed by atoms with van der Waals surface area (Å²) in [4.78, 5) is 0. The first-order chi connectivity index (χ1) is 9.29. The normalized spacial score (nSPS) is 12.3. The lowest BCUT2D eigenvalue weighted by Crippen LogP contribution is -2.19. The molecule has 0 saturated carbocycles. The summed E-state index contributed by atoms with van der Waals surface area (Å²) < 4.78 is 10.7. The Morgan fingerprint density at radius 2 is 2.26 bits per heavy atom. The Hall–Kier alpha value is -1.81. The molecule has 2 aromatic rings. The largest absolute Gasteiger partial charge is 0.486 e. The predicted octanol–water partition coefficient (Wildman–Crippen LogP) is 3.31. The van der Waals surface area contributed by atoms with Gasteiger partial charge in [0.1, 0.15) is 12.4 Å². The number of hydrogen-bond acceptors (Lipinski definition) is 4. The van der Waals surface area contributed by atoms with Gasteiger partial charge in [-0.05, 0) is 37.6 Å². The van der Waals surface area contributed by atoms with Crippen LogP contribution >= 0.6 is 0 Å². The highest BCUT2D eigenvalue weighted by atomic mass is 16.5. The molecule has 1 N–H and O–H groups in total. The minimum absolute atomic E-state index is 0.328. The van der Waals surface area contributed by atoms with Crippen molar-refractivity contribution in [3.63, 3.8) is 0 Å². The van der Waals surface area contributed by atoms with E-state index in [9.17, 15) is 0 Å². The third-order valence-corrected chi connectivity index (χ3v) is 2.93. The van der Waals surface area contributed by atoms with E-state index in [0.29, 0.717) is 12.6 Å². The van der Waals surface area contributed by atoms with Crippen molar-refractivity contribution in [2.45, 2.75) is 32.9 Å². The zero-order valence-corrected chi connectivity index (χ0v) is 11.4. The van der Waals surface area contributed by atoms with E-state index in [0.717, 1.165) is 24.5 Å². The molecule has 19 heavy (non-hydrogen) atoms. The van der Waals surface area contributed by atoms with Crippen LogP contribution in [0.4, 0.5) is 0 Å². The molecule has 0 aliphatic heterocycles. The predicted molar refractivity (Wildman–Crippen MR) is 74.0 cm³/mol. The number of hydrogen-bond donors (Lipinski definition) is 1. The van der Waals surface area contributed by atoms with Gasteiger partial charge in [0.2, 0.25) is 0 Å². The van der Waals surface area contributed by atoms with Gasteiger partial charge in [0, 0.05) is 12.1 Å². The summed E-state index contributed by atoms with van der Waals surface area (Å²) in [5.41, 5.74) is 1.23. The lowest BCUT2D eigenvalue weighted by Gasteiger charge is -2.14. The standard InChI is InChI=1S/C15H20N2O2/c1-3-8-16-12(2)13-5-4-6-14(10-13)18-11-15-7-9-17-19-15/h4-7,9-10,12,16H,3,8,11H2,1-2H3. The maximum atomic E-state index is 5.68. The molecule has 0 saturated heterocycles. The van der Waals surface area contributed by atoms with Crippen LogP contribution in [0, 0.1) is 0 Å². The van der Waals surface area contributed by atoms with E-state index >= 15 is 0 Å². The van der Waals surface area contributed by atoms with Gasteiger partial charge in [0.25, 0.3) is 0 Å². The van der Waals surface area contributed by atoms with Gasteiger partial charge < -0.3 is 14.6 Å². The van der Waals surface area contributed by atoms with Crippen LogP contribution in [0.15, 0.2) is 41.1 Å². The SMILES string of the molecule is CCCNC(C)c1cccc(OCc2ccno2)c1. The molecule has 1 aromatic carbocycles. The van der Waals surface area contributed by atoms with Gasteiger partial charge in [-0.3, -0.25) is 0 Å². The molecular weight excluding hydrogens is 240 g/mol. The number of nitrogens with one attached hydrogen (secondary N) is 1. The van der Waals surface area contributed by atoms with E-state index in [2.05, 4.69) is 36.5 Å². The zero-order valence-electron chi connectivity index (χ0n) is 11.4. The number of aromatic nitrogens is 1. The third-order valence-electron chi connectivity index (χ3n) is 2.93. The topological polar surface area (TPSA) is 47.3 Å². The van der Waals surface area contributed by atoms with Crippen molar-refractivity contribution in [3.8, 4) is 5.75 Å². The molecule has 4 heteroatoms. The van der Waals surface area contributed by atoms with Crippen LogP contribution in [0.5, 0.6) is 5.75 Å². The van der Waals surface area contributed by atoms with Crippen molar-refractivity contribution in [1.29, 1.82) is 0 Å². The Labute approximate surface area is 113 Å². The van der Waals surface area contributed by atoms with Crippen molar-refractivity contribution >= 4 is 0 Å². The second-order valence-electron chi connectivity index (χ2n) is 4.52. The molecular formula is C15H20N2O2. The van der Waals surface area contributed by atoms with E-state index in [1.807, 2.05) is 12.1 Å². The fourth-order valence-electron chi connectivity index (χ4n) is 1.82. The highest BCUT2D eigenvalue weighted by Gasteiger charge is 2.06. The van der Waals surface area contributed by atoms with E-state index in [1.165, 1.54) is 5.56 Å². The van der Waals surface area contributed by atoms with Crippen molar-refractivity contribution < 1.29 is 9.26 Å². The van der Waals surface area contributed by atoms with E-state index in [-0.39, 0.29) is 0 Å². The summed E-state index contributed by atoms with van der Waals surface area (Å²) in [5.74, 6) is 1.57. The number of ether oxygens (including phenoxy) is 1. The fourth-order valence-corrected chi connectivity index (χ4v) is 1.82. The van der Waals surface area contributed by atoms with E-state index in [4.69, 9.17) is 9.26 Å². The third kappa shape index (κ3) is 4.10. The number of benzene rings is 1. The van der Waals surface area contributed by atoms with Gasteiger partial charge in [0.15, 0.2) is 5.76 Å². The van der Waals surface area contributed by atoms with Crippen LogP contribution in [0.25, 0.3) is 0 Å². The first-order valence-electron chi connectivity index (χ1n) is 6.65. The van der Waals surface area contributed by atoms with Gasteiger partial charge in [-0.2, -0.15) is 0 Å². The molecule has 4 nitrogen and oxygen atoms in total. The summed E-state index contributed by atoms with van der Waals surface area (Å²) in [5, 5.41) is 7.11. The van der Waals surface area contributed by atoms with Crippen LogP contribution in [-0.4, -0.2) is 11.7 Å². The monoisotopic (exact) mass is 260 g/mol. The van der Waals surface area contributed by atoms with Gasteiger partial charge in [-0.1, -0.05) is 24.2 Å². The molecule has 0 aliphatic rings. The summed E-state index contributed by atoms with van der Waals surface area (Å²) in [6, 6.07) is 10.3. The average Bonchev–Trinajstić information content (AvgIpc) is 2.96. The molecule has 1 atom stereocenters. The highest BCUT2D eigenvalue weighted by Crippen LogP contribution is 2.20. The maximum Gasteiger partial charge on any atom is 0.174 e. The molecule has 1 aromatic heterocycles. The van der Waals surface area contributed by atoms with Crippen molar-refractivity contribution in [3.05, 3.63) is 47.9 Å². The molecule has 0 amide bonds.